The average Bonchev–Trinajstić information content (AvgIpc) is 3.95. The van der Waals surface area contributed by atoms with Crippen molar-refractivity contribution in [2.75, 3.05) is 57.4 Å². The van der Waals surface area contributed by atoms with Crippen molar-refractivity contribution in [3.05, 3.63) is 99.6 Å². The molecule has 3 fully saturated rings. The number of thiazole rings is 1. The van der Waals surface area contributed by atoms with Crippen molar-refractivity contribution in [2.45, 2.75) is 104 Å². The number of amides is 4. The topological polar surface area (TPSA) is 210 Å². The molecule has 7 rings (SSSR count). The van der Waals surface area contributed by atoms with Crippen LogP contribution < -0.4 is 25.6 Å². The summed E-state index contributed by atoms with van der Waals surface area (Å²) in [4.78, 5) is 65.4. The third-order valence-electron chi connectivity index (χ3n) is 14.0. The predicted octanol–water partition coefficient (Wildman–Crippen LogP) is 5.49. The molecule has 0 spiro atoms. The molecule has 1 aromatic heterocycles. The van der Waals surface area contributed by atoms with E-state index in [2.05, 4.69) is 64.5 Å². The van der Waals surface area contributed by atoms with Crippen LogP contribution in [0.4, 0.5) is 5.69 Å². The first-order valence-corrected chi connectivity index (χ1v) is 25.0. The molecular formula is C52H65ClN8O8S. The number of benzene rings is 3. The SMILES string of the molecule is Cc1ncsc1-c1ccc(C(C)NC(=O)[C@@H]2C[C@@H](O)CN2C(=O)[C@@H](NC(=O)COCCN2CCN(c3ccc(C(=O)NC4C(C)(C)C(Oc5ccc(C#N)c(Cl)c5)C4(C)C)cc3)CC2)C(C)(C)O)cc1. The van der Waals surface area contributed by atoms with Gasteiger partial charge < -0.3 is 45.4 Å². The number of nitriles is 1. The van der Waals surface area contributed by atoms with Gasteiger partial charge in [-0.2, -0.15) is 5.26 Å². The summed E-state index contributed by atoms with van der Waals surface area (Å²) < 4.78 is 12.1. The van der Waals surface area contributed by atoms with Crippen LogP contribution in [0.2, 0.25) is 5.02 Å². The number of aliphatic hydroxyl groups is 2. The van der Waals surface area contributed by atoms with Crippen molar-refractivity contribution in [1.29, 1.82) is 5.26 Å². The Morgan fingerprint density at radius 1 is 0.986 bits per heavy atom. The molecular weight excluding hydrogens is 932 g/mol. The quantitative estimate of drug-likeness (QED) is 0.0833. The van der Waals surface area contributed by atoms with Crippen LogP contribution in [-0.2, 0) is 19.1 Å². The predicted molar refractivity (Wildman–Crippen MR) is 269 cm³/mol. The van der Waals surface area contributed by atoms with Crippen LogP contribution in [0.25, 0.3) is 10.4 Å². The fraction of sp³-hybridized carbons (Fsp3) is 0.500. The smallest absolute Gasteiger partial charge is 0.251 e. The van der Waals surface area contributed by atoms with Crippen molar-refractivity contribution in [3.8, 4) is 22.3 Å². The molecule has 0 bridgehead atoms. The summed E-state index contributed by atoms with van der Waals surface area (Å²) in [5, 5.41) is 40.1. The van der Waals surface area contributed by atoms with E-state index in [0.29, 0.717) is 28.4 Å². The second kappa shape index (κ2) is 21.4. The molecule has 4 atom stereocenters. The Labute approximate surface area is 419 Å². The lowest BCUT2D eigenvalue weighted by molar-refractivity contribution is -0.164. The number of anilines is 1. The molecule has 16 nitrogen and oxygen atoms in total. The van der Waals surface area contributed by atoms with Gasteiger partial charge in [0.15, 0.2) is 0 Å². The molecule has 3 aliphatic rings. The first-order chi connectivity index (χ1) is 33.1. The Morgan fingerprint density at radius 2 is 1.66 bits per heavy atom. The van der Waals surface area contributed by atoms with Crippen LogP contribution in [0.15, 0.2) is 72.2 Å². The van der Waals surface area contributed by atoms with E-state index in [1.54, 1.807) is 35.0 Å². The van der Waals surface area contributed by atoms with Crippen LogP contribution in [0, 0.1) is 29.1 Å². The minimum Gasteiger partial charge on any atom is -0.489 e. The van der Waals surface area contributed by atoms with E-state index in [4.69, 9.17) is 21.1 Å². The van der Waals surface area contributed by atoms with Gasteiger partial charge in [-0.15, -0.1) is 11.3 Å². The number of carbonyl (C=O) groups is 4. The van der Waals surface area contributed by atoms with Gasteiger partial charge in [0.2, 0.25) is 17.7 Å². The molecule has 18 heteroatoms. The van der Waals surface area contributed by atoms with Gasteiger partial charge >= 0.3 is 0 Å². The van der Waals surface area contributed by atoms with Gasteiger partial charge in [0.25, 0.3) is 5.91 Å². The average molecular weight is 998 g/mol. The zero-order valence-electron chi connectivity index (χ0n) is 41.1. The van der Waals surface area contributed by atoms with E-state index < -0.39 is 47.6 Å². The first-order valence-electron chi connectivity index (χ1n) is 23.7. The summed E-state index contributed by atoms with van der Waals surface area (Å²) in [7, 11) is 0. The van der Waals surface area contributed by atoms with Crippen LogP contribution in [0.3, 0.4) is 0 Å². The summed E-state index contributed by atoms with van der Waals surface area (Å²) in [6, 6.07) is 19.6. The van der Waals surface area contributed by atoms with Crippen LogP contribution in [0.1, 0.15) is 88.1 Å². The summed E-state index contributed by atoms with van der Waals surface area (Å²) in [6.45, 7) is 18.3. The van der Waals surface area contributed by atoms with Crippen molar-refractivity contribution in [3.63, 3.8) is 0 Å². The number of aryl methyl sites for hydroxylation is 1. The number of hydrogen-bond donors (Lipinski definition) is 5. The van der Waals surface area contributed by atoms with E-state index in [1.165, 1.54) is 18.7 Å². The molecule has 70 heavy (non-hydrogen) atoms. The molecule has 5 N–H and O–H groups in total. The fourth-order valence-electron chi connectivity index (χ4n) is 10.3. The van der Waals surface area contributed by atoms with Crippen molar-refractivity contribution < 1.29 is 38.9 Å². The summed E-state index contributed by atoms with van der Waals surface area (Å²) in [5.41, 5.74) is 4.11. The molecule has 374 valence electrons. The molecule has 4 aromatic rings. The number of carbonyl (C=O) groups excluding carboxylic acids is 4. The number of piperazine rings is 1. The highest BCUT2D eigenvalue weighted by atomic mass is 35.5. The third kappa shape index (κ3) is 11.6. The zero-order chi connectivity index (χ0) is 50.7. The van der Waals surface area contributed by atoms with Gasteiger partial charge in [-0.1, -0.05) is 63.6 Å². The van der Waals surface area contributed by atoms with E-state index in [0.717, 1.165) is 53.6 Å². The number of nitrogens with one attached hydrogen (secondary N) is 3. The highest BCUT2D eigenvalue weighted by Crippen LogP contribution is 2.55. The van der Waals surface area contributed by atoms with Crippen molar-refractivity contribution in [1.82, 2.24) is 30.7 Å². The number of rotatable bonds is 17. The molecule has 1 unspecified atom stereocenters. The monoisotopic (exact) mass is 996 g/mol. The Hall–Kier alpha value is -5.61. The minimum absolute atomic E-state index is 0.0139. The number of aliphatic hydroxyl groups excluding tert-OH is 1. The molecule has 3 aromatic carbocycles. The first kappa shape index (κ1) is 52.2. The lowest BCUT2D eigenvalue weighted by atomic mass is 9.49. The lowest BCUT2D eigenvalue weighted by Gasteiger charge is -2.63. The Kier molecular flexibility index (Phi) is 16.0. The van der Waals surface area contributed by atoms with E-state index in [9.17, 15) is 34.7 Å². The van der Waals surface area contributed by atoms with Gasteiger partial charge in [-0.25, -0.2) is 4.98 Å². The van der Waals surface area contributed by atoms with E-state index >= 15 is 0 Å². The summed E-state index contributed by atoms with van der Waals surface area (Å²) >= 11 is 7.81. The normalized spacial score (nSPS) is 21.7. The maximum atomic E-state index is 14.0. The second-order valence-electron chi connectivity index (χ2n) is 20.4. The van der Waals surface area contributed by atoms with Gasteiger partial charge in [0.1, 0.15) is 36.6 Å². The fourth-order valence-corrected chi connectivity index (χ4v) is 11.4. The number of aromatic nitrogens is 1. The van der Waals surface area contributed by atoms with Gasteiger partial charge in [0.05, 0.1) is 51.0 Å². The maximum Gasteiger partial charge on any atom is 0.251 e. The molecule has 3 heterocycles. The minimum atomic E-state index is -1.70. The molecule has 2 saturated heterocycles. The van der Waals surface area contributed by atoms with Crippen LogP contribution >= 0.6 is 22.9 Å². The van der Waals surface area contributed by atoms with Gasteiger partial charge in [-0.3, -0.25) is 24.1 Å². The largest absolute Gasteiger partial charge is 0.489 e. The second-order valence-corrected chi connectivity index (χ2v) is 21.7. The zero-order valence-corrected chi connectivity index (χ0v) is 42.7. The Balaban J connectivity index is 0.831. The number of halogens is 1. The number of likely N-dealkylation sites (tertiary alicyclic amines) is 1. The Morgan fingerprint density at radius 3 is 2.26 bits per heavy atom. The molecule has 0 radical (unpaired) electrons. The maximum absolute atomic E-state index is 14.0. The van der Waals surface area contributed by atoms with Crippen molar-refractivity contribution >= 4 is 52.3 Å². The molecule has 1 aliphatic carbocycles. The van der Waals surface area contributed by atoms with Gasteiger partial charge in [-0.05, 0) is 75.2 Å². The van der Waals surface area contributed by atoms with Gasteiger partial charge in [0, 0.05) is 79.9 Å². The highest BCUT2D eigenvalue weighted by Gasteiger charge is 2.64. The van der Waals surface area contributed by atoms with Crippen LogP contribution in [0.5, 0.6) is 5.75 Å². The van der Waals surface area contributed by atoms with Crippen LogP contribution in [-0.4, -0.2) is 137 Å². The molecule has 1 saturated carbocycles. The third-order valence-corrected chi connectivity index (χ3v) is 15.3. The van der Waals surface area contributed by atoms with E-state index in [-0.39, 0.29) is 55.1 Å². The summed E-state index contributed by atoms with van der Waals surface area (Å²) in [5.74, 6) is -1.31. The van der Waals surface area contributed by atoms with E-state index in [1.807, 2.05) is 62.4 Å². The molecule has 2 aliphatic heterocycles. The number of ether oxygens (including phenoxy) is 2. The summed E-state index contributed by atoms with van der Waals surface area (Å²) in [6.07, 6.45) is -1.16. The highest BCUT2D eigenvalue weighted by molar-refractivity contribution is 7.13. The van der Waals surface area contributed by atoms with Crippen molar-refractivity contribution in [2.24, 2.45) is 10.8 Å². The molecule has 4 amide bonds. The number of β-amino-alcohol motifs (C(OH)–C–C–N with tert-alkyl or cyclic N) is 1. The Bertz CT molecular complexity index is 2550. The standard InChI is InChI=1S/C52H65ClN8O8S/c1-31(33-9-11-34(12-10-33)43-32(2)55-30-70-43)56-46(65)41-25-38(62)28-61(41)47(66)44(52(7,8)67)57-42(63)29-68-24-23-59-19-21-60(22-20-59)37-16-13-35(14-17-37)45(64)58-48-50(3,4)49(51(48,5)6)69-39-18-15-36(27-54)40(53)26-39/h9-18,26,30-31,38,41,44,48-49,62,67H,19-25,28-29H2,1-8H3,(H,56,65)(H,57,63)(H,58,64)/t31?,38-,41+,44-,48?,49?/m1/s1. The lowest BCUT2D eigenvalue weighted by Crippen LogP contribution is -2.74. The number of hydrogen-bond acceptors (Lipinski definition) is 13. The number of nitrogens with zero attached hydrogens (tertiary/aromatic N) is 5.